The fraction of sp³-hybridized carbons (Fsp3) is 0.345. The Labute approximate surface area is 227 Å². The molecule has 2 unspecified atom stereocenters. The summed E-state index contributed by atoms with van der Waals surface area (Å²) in [5.74, 6) is -0.679. The largest absolute Gasteiger partial charge is 0.494 e. The van der Waals surface area contributed by atoms with Crippen molar-refractivity contribution in [2.24, 2.45) is 0 Å². The first-order chi connectivity index (χ1) is 18.8. The molecule has 0 radical (unpaired) electrons. The summed E-state index contributed by atoms with van der Waals surface area (Å²) >= 11 is 0. The summed E-state index contributed by atoms with van der Waals surface area (Å²) in [7, 11) is -3.70. The molecule has 1 N–H and O–H groups in total. The smallest absolute Gasteiger partial charge is 0.304 e. The normalized spacial score (nSPS) is 20.6. The number of nitrogens with zero attached hydrogens (tertiary/aromatic N) is 4. The monoisotopic (exact) mass is 546 g/mol. The van der Waals surface area contributed by atoms with E-state index in [1.54, 1.807) is 24.3 Å². The molecule has 9 bridgehead atoms. The van der Waals surface area contributed by atoms with Crippen LogP contribution in [0.1, 0.15) is 53.0 Å². The first-order valence-electron chi connectivity index (χ1n) is 13.2. The van der Waals surface area contributed by atoms with Gasteiger partial charge in [0.1, 0.15) is 11.3 Å². The minimum absolute atomic E-state index is 0.0897. The SMILES string of the molecule is Cc1c2ccc3c1nnn3CCCCOc1ccc(cc1)S(=O)(=O)N1CCc3ccc(cc3C1)C2CC(=O)O. The van der Waals surface area contributed by atoms with Crippen LogP contribution in [0.2, 0.25) is 0 Å². The van der Waals surface area contributed by atoms with E-state index in [0.717, 1.165) is 51.7 Å². The van der Waals surface area contributed by atoms with Crippen LogP contribution in [-0.2, 0) is 34.3 Å². The van der Waals surface area contributed by atoms with Gasteiger partial charge in [-0.15, -0.1) is 5.10 Å². The minimum atomic E-state index is -3.70. The molecule has 0 saturated heterocycles. The van der Waals surface area contributed by atoms with E-state index < -0.39 is 21.9 Å². The number of hydrogen-bond acceptors (Lipinski definition) is 6. The zero-order valence-electron chi connectivity index (χ0n) is 21.7. The van der Waals surface area contributed by atoms with E-state index in [2.05, 4.69) is 10.3 Å². The Morgan fingerprint density at radius 2 is 1.87 bits per heavy atom. The van der Waals surface area contributed by atoms with E-state index in [9.17, 15) is 18.3 Å². The lowest BCUT2D eigenvalue weighted by molar-refractivity contribution is -0.137. The lowest BCUT2D eigenvalue weighted by atomic mass is 9.83. The Balaban J connectivity index is 1.46. The van der Waals surface area contributed by atoms with Crippen molar-refractivity contribution in [3.8, 4) is 5.75 Å². The van der Waals surface area contributed by atoms with Crippen LogP contribution in [-0.4, -0.2) is 51.9 Å². The van der Waals surface area contributed by atoms with Crippen LogP contribution in [0.5, 0.6) is 5.75 Å². The first-order valence-corrected chi connectivity index (χ1v) is 14.6. The van der Waals surface area contributed by atoms with Gasteiger partial charge >= 0.3 is 5.97 Å². The van der Waals surface area contributed by atoms with Crippen LogP contribution in [0.3, 0.4) is 0 Å². The Morgan fingerprint density at radius 1 is 1.05 bits per heavy atom. The number of ether oxygens (including phenoxy) is 1. The second kappa shape index (κ2) is 10.1. The van der Waals surface area contributed by atoms with Crippen molar-refractivity contribution in [3.63, 3.8) is 0 Å². The van der Waals surface area contributed by atoms with Crippen LogP contribution in [0, 0.1) is 6.92 Å². The number of aryl methyl sites for hydroxylation is 2. The van der Waals surface area contributed by atoms with Crippen molar-refractivity contribution in [2.45, 2.75) is 56.5 Å². The molecule has 0 saturated carbocycles. The molecule has 2 atom stereocenters. The topological polar surface area (TPSA) is 115 Å². The van der Waals surface area contributed by atoms with Gasteiger partial charge in [-0.2, -0.15) is 4.31 Å². The van der Waals surface area contributed by atoms with Gasteiger partial charge in [-0.05, 0) is 84.3 Å². The molecule has 9 rings (SSSR count). The molecule has 0 fully saturated rings. The molecular weight excluding hydrogens is 516 g/mol. The summed E-state index contributed by atoms with van der Waals surface area (Å²) in [5.41, 5.74) is 6.29. The maximum absolute atomic E-state index is 13.5. The fourth-order valence-corrected chi connectivity index (χ4v) is 7.11. The van der Waals surface area contributed by atoms with Crippen molar-refractivity contribution in [1.82, 2.24) is 19.3 Å². The maximum Gasteiger partial charge on any atom is 0.304 e. The Bertz CT molecular complexity index is 1660. The Morgan fingerprint density at radius 3 is 2.67 bits per heavy atom. The first kappa shape index (κ1) is 25.5. The van der Waals surface area contributed by atoms with Gasteiger partial charge in [0.05, 0.1) is 23.4 Å². The standard InChI is InChI=1S/C29H30N4O5S/c1-19-25-10-11-27-29(19)30-31-33(27)13-2-3-15-38-23-6-8-24(9-7-23)39(36,37)32-14-12-20-4-5-21(16-22(20)18-32)26(25)17-28(34)35/h4-11,16,26H,2-3,12-15,17-18H2,1H3,(H,34,35). The van der Waals surface area contributed by atoms with Crippen molar-refractivity contribution >= 4 is 27.0 Å². The predicted octanol–water partition coefficient (Wildman–Crippen LogP) is 4.27. The van der Waals surface area contributed by atoms with Crippen LogP contribution in [0.4, 0.5) is 0 Å². The number of benzene rings is 3. The summed E-state index contributed by atoms with van der Waals surface area (Å²) in [6.45, 7) is 3.76. The molecule has 9 nitrogen and oxygen atoms in total. The number of aliphatic carboxylic acids is 1. The zero-order valence-corrected chi connectivity index (χ0v) is 22.5. The van der Waals surface area contributed by atoms with E-state index in [1.807, 2.05) is 41.9 Å². The molecule has 10 heteroatoms. The minimum Gasteiger partial charge on any atom is -0.494 e. The molecule has 202 valence electrons. The highest BCUT2D eigenvalue weighted by Crippen LogP contribution is 2.36. The molecule has 3 aromatic carbocycles. The van der Waals surface area contributed by atoms with Crippen LogP contribution >= 0.6 is 0 Å². The van der Waals surface area contributed by atoms with Gasteiger partial charge in [0.15, 0.2) is 0 Å². The molecule has 0 aliphatic carbocycles. The van der Waals surface area contributed by atoms with Crippen molar-refractivity contribution < 1.29 is 23.1 Å². The third-order valence-electron chi connectivity index (χ3n) is 7.84. The van der Waals surface area contributed by atoms with Crippen molar-refractivity contribution in [3.05, 3.63) is 82.4 Å². The molecule has 6 heterocycles. The summed E-state index contributed by atoms with van der Waals surface area (Å²) in [6, 6.07) is 16.5. The van der Waals surface area contributed by atoms with Gasteiger partial charge in [0.2, 0.25) is 10.0 Å². The van der Waals surface area contributed by atoms with Crippen molar-refractivity contribution in [1.29, 1.82) is 0 Å². The Kier molecular flexibility index (Phi) is 6.60. The van der Waals surface area contributed by atoms with Gasteiger partial charge in [-0.1, -0.05) is 29.5 Å². The van der Waals surface area contributed by atoms with E-state index in [4.69, 9.17) is 4.74 Å². The highest BCUT2D eigenvalue weighted by atomic mass is 32.2. The second-order valence-electron chi connectivity index (χ2n) is 10.3. The van der Waals surface area contributed by atoms with E-state index in [0.29, 0.717) is 31.9 Å². The van der Waals surface area contributed by atoms with Crippen molar-refractivity contribution in [2.75, 3.05) is 13.2 Å². The van der Waals surface area contributed by atoms with E-state index in [-0.39, 0.29) is 17.9 Å². The molecule has 0 spiro atoms. The number of sulfonamides is 1. The number of carboxylic acid groups (broad SMARTS) is 1. The number of carbonyl (C=O) groups is 1. The molecule has 0 amide bonds. The zero-order chi connectivity index (χ0) is 27.1. The fourth-order valence-electron chi connectivity index (χ4n) is 5.69. The number of rotatable bonds is 2. The van der Waals surface area contributed by atoms with E-state index in [1.165, 1.54) is 4.31 Å². The van der Waals surface area contributed by atoms with Crippen LogP contribution < -0.4 is 4.74 Å². The van der Waals surface area contributed by atoms with Gasteiger partial charge in [-0.3, -0.25) is 4.79 Å². The molecule has 1 aromatic heterocycles. The number of aromatic nitrogens is 3. The van der Waals surface area contributed by atoms with Gasteiger partial charge < -0.3 is 9.84 Å². The number of carboxylic acids is 1. The summed E-state index contributed by atoms with van der Waals surface area (Å²) in [4.78, 5) is 12.2. The van der Waals surface area contributed by atoms with Gasteiger partial charge in [-0.25, -0.2) is 13.1 Å². The number of hydrogen-bond donors (Lipinski definition) is 1. The summed E-state index contributed by atoms with van der Waals surface area (Å²) in [5, 5.41) is 18.6. The average Bonchev–Trinajstić information content (AvgIpc) is 3.35. The maximum atomic E-state index is 13.5. The summed E-state index contributed by atoms with van der Waals surface area (Å²) < 4.78 is 36.2. The van der Waals surface area contributed by atoms with Crippen LogP contribution in [0.15, 0.2) is 59.5 Å². The lowest BCUT2D eigenvalue weighted by Gasteiger charge is -2.29. The highest BCUT2D eigenvalue weighted by Gasteiger charge is 2.30. The van der Waals surface area contributed by atoms with Gasteiger partial charge in [0, 0.05) is 25.6 Å². The highest BCUT2D eigenvalue weighted by molar-refractivity contribution is 7.89. The third-order valence-corrected chi connectivity index (χ3v) is 9.70. The third kappa shape index (κ3) is 4.79. The molecule has 5 aliphatic rings. The molecule has 39 heavy (non-hydrogen) atoms. The van der Waals surface area contributed by atoms with E-state index >= 15 is 0 Å². The lowest BCUT2D eigenvalue weighted by Crippen LogP contribution is -2.36. The Hall–Kier alpha value is -3.76. The van der Waals surface area contributed by atoms with Gasteiger partial charge in [0.25, 0.3) is 0 Å². The predicted molar refractivity (Wildman–Crippen MR) is 145 cm³/mol. The average molecular weight is 547 g/mol. The summed E-state index contributed by atoms with van der Waals surface area (Å²) in [6.07, 6.45) is 2.13. The molecule has 5 aliphatic heterocycles. The molecule has 4 aromatic rings. The molecular formula is C29H30N4O5S. The van der Waals surface area contributed by atoms with Crippen LogP contribution in [0.25, 0.3) is 11.0 Å². The second-order valence-corrected chi connectivity index (χ2v) is 12.2. The quantitative estimate of drug-likeness (QED) is 0.399.